The second kappa shape index (κ2) is 8.89. The molecule has 0 aliphatic carbocycles. The Morgan fingerprint density at radius 2 is 1.68 bits per heavy atom. The topological polar surface area (TPSA) is 51.7 Å². The second-order valence-corrected chi connectivity index (χ2v) is 7.32. The number of nitrogens with zero attached hydrogens (tertiary/aromatic N) is 2. The first-order valence-electron chi connectivity index (χ1n) is 9.25. The molecule has 5 nitrogen and oxygen atoms in total. The lowest BCUT2D eigenvalue weighted by Crippen LogP contribution is -2.24. The van der Waals surface area contributed by atoms with E-state index in [1.54, 1.807) is 12.0 Å². The van der Waals surface area contributed by atoms with Gasteiger partial charge in [-0.1, -0.05) is 6.92 Å². The predicted molar refractivity (Wildman–Crippen MR) is 114 cm³/mol. The van der Waals surface area contributed by atoms with E-state index < -0.39 is 0 Å². The van der Waals surface area contributed by atoms with Crippen LogP contribution in [-0.2, 0) is 4.79 Å². The molecule has 0 spiro atoms. The molecular weight excluding hydrogens is 372 g/mol. The molecule has 1 amide bonds. The van der Waals surface area contributed by atoms with Gasteiger partial charge in [0.05, 0.1) is 25.1 Å². The van der Waals surface area contributed by atoms with Crippen LogP contribution in [0.15, 0.2) is 48.5 Å². The number of carbonyl (C=O) groups is 1. The van der Waals surface area contributed by atoms with Gasteiger partial charge in [0.25, 0.3) is 0 Å². The van der Waals surface area contributed by atoms with Crippen molar-refractivity contribution in [2.24, 2.45) is 0 Å². The SMILES string of the molecule is CCOc1ccc(N(C(=O)CC)c2nc(-c3ccc(OC)cc3)c(C)s2)cc1. The van der Waals surface area contributed by atoms with E-state index >= 15 is 0 Å². The third-order valence-electron chi connectivity index (χ3n) is 4.30. The molecule has 28 heavy (non-hydrogen) atoms. The first-order chi connectivity index (χ1) is 13.6. The zero-order chi connectivity index (χ0) is 20.1. The minimum atomic E-state index is -0.000749. The van der Waals surface area contributed by atoms with Gasteiger partial charge in [-0.05, 0) is 62.4 Å². The molecule has 1 heterocycles. The van der Waals surface area contributed by atoms with Gasteiger partial charge in [-0.3, -0.25) is 9.69 Å². The van der Waals surface area contributed by atoms with Gasteiger partial charge < -0.3 is 9.47 Å². The Bertz CT molecular complexity index is 933. The highest BCUT2D eigenvalue weighted by Gasteiger charge is 2.22. The van der Waals surface area contributed by atoms with Gasteiger partial charge in [-0.15, -0.1) is 11.3 Å². The van der Waals surface area contributed by atoms with E-state index in [-0.39, 0.29) is 5.91 Å². The van der Waals surface area contributed by atoms with E-state index in [9.17, 15) is 4.79 Å². The van der Waals surface area contributed by atoms with Crippen molar-refractivity contribution in [2.45, 2.75) is 27.2 Å². The van der Waals surface area contributed by atoms with Crippen molar-refractivity contribution >= 4 is 28.1 Å². The van der Waals surface area contributed by atoms with Crippen molar-refractivity contribution in [1.82, 2.24) is 4.98 Å². The Hall–Kier alpha value is -2.86. The van der Waals surface area contributed by atoms with Crippen LogP contribution in [0, 0.1) is 6.92 Å². The number of ether oxygens (including phenoxy) is 2. The molecule has 0 radical (unpaired) electrons. The first-order valence-corrected chi connectivity index (χ1v) is 10.1. The molecule has 3 aromatic rings. The maximum Gasteiger partial charge on any atom is 0.233 e. The Morgan fingerprint density at radius 3 is 2.25 bits per heavy atom. The molecule has 0 N–H and O–H groups in total. The van der Waals surface area contributed by atoms with Crippen LogP contribution in [0.4, 0.5) is 10.8 Å². The summed E-state index contributed by atoms with van der Waals surface area (Å²) in [5, 5.41) is 0.666. The van der Waals surface area contributed by atoms with Crippen molar-refractivity contribution in [3.8, 4) is 22.8 Å². The minimum absolute atomic E-state index is 0.000749. The lowest BCUT2D eigenvalue weighted by Gasteiger charge is -2.19. The molecule has 2 aromatic carbocycles. The number of carbonyl (C=O) groups excluding carboxylic acids is 1. The molecule has 0 bridgehead atoms. The van der Waals surface area contributed by atoms with Gasteiger partial charge in [-0.25, -0.2) is 4.98 Å². The Balaban J connectivity index is 1.98. The summed E-state index contributed by atoms with van der Waals surface area (Å²) in [7, 11) is 1.65. The quantitative estimate of drug-likeness (QED) is 0.521. The normalized spacial score (nSPS) is 10.6. The van der Waals surface area contributed by atoms with Gasteiger partial charge in [0, 0.05) is 16.9 Å². The van der Waals surface area contributed by atoms with Crippen LogP contribution in [0.1, 0.15) is 25.1 Å². The summed E-state index contributed by atoms with van der Waals surface area (Å²) in [4.78, 5) is 20.2. The number of aromatic nitrogens is 1. The van der Waals surface area contributed by atoms with E-state index in [2.05, 4.69) is 0 Å². The molecule has 0 aliphatic heterocycles. The minimum Gasteiger partial charge on any atom is -0.497 e. The van der Waals surface area contributed by atoms with E-state index in [0.29, 0.717) is 18.2 Å². The molecule has 6 heteroatoms. The molecule has 0 saturated heterocycles. The molecule has 0 saturated carbocycles. The third-order valence-corrected chi connectivity index (χ3v) is 5.25. The van der Waals surface area contributed by atoms with Crippen LogP contribution in [0.25, 0.3) is 11.3 Å². The molecule has 0 atom stereocenters. The number of amides is 1. The van der Waals surface area contributed by atoms with Crippen molar-refractivity contribution in [1.29, 1.82) is 0 Å². The van der Waals surface area contributed by atoms with E-state index in [4.69, 9.17) is 14.5 Å². The summed E-state index contributed by atoms with van der Waals surface area (Å²) in [6.45, 7) is 6.43. The lowest BCUT2D eigenvalue weighted by atomic mass is 10.1. The standard InChI is InChI=1S/C22H24N2O3S/c1-5-20(25)24(17-9-13-19(14-10-17)27-6-2)22-23-21(15(3)28-22)16-7-11-18(26-4)12-8-16/h7-14H,5-6H2,1-4H3. The van der Waals surface area contributed by atoms with Crippen LogP contribution >= 0.6 is 11.3 Å². The van der Waals surface area contributed by atoms with Crippen molar-refractivity contribution in [3.05, 3.63) is 53.4 Å². The van der Waals surface area contributed by atoms with Gasteiger partial charge in [0.1, 0.15) is 11.5 Å². The first kappa shape index (κ1) is 19.9. The number of methoxy groups -OCH3 is 1. The molecule has 146 valence electrons. The fourth-order valence-electron chi connectivity index (χ4n) is 2.87. The van der Waals surface area contributed by atoms with Gasteiger partial charge in [0.2, 0.25) is 5.91 Å². The summed E-state index contributed by atoms with van der Waals surface area (Å²) in [5.41, 5.74) is 2.66. The smallest absolute Gasteiger partial charge is 0.233 e. The van der Waals surface area contributed by atoms with Gasteiger partial charge in [0.15, 0.2) is 5.13 Å². The fourth-order valence-corrected chi connectivity index (χ4v) is 3.84. The molecule has 3 rings (SSSR count). The number of rotatable bonds is 7. The number of aryl methyl sites for hydroxylation is 1. The zero-order valence-electron chi connectivity index (χ0n) is 16.6. The zero-order valence-corrected chi connectivity index (χ0v) is 17.4. The fraction of sp³-hybridized carbons (Fsp3) is 0.273. The number of hydrogen-bond acceptors (Lipinski definition) is 5. The summed E-state index contributed by atoms with van der Waals surface area (Å²) in [5.74, 6) is 1.58. The lowest BCUT2D eigenvalue weighted by molar-refractivity contribution is -0.117. The molecule has 0 fully saturated rings. The molecule has 1 aromatic heterocycles. The van der Waals surface area contributed by atoms with Crippen molar-refractivity contribution < 1.29 is 14.3 Å². The highest BCUT2D eigenvalue weighted by atomic mass is 32.1. The van der Waals surface area contributed by atoms with Crippen molar-refractivity contribution in [2.75, 3.05) is 18.6 Å². The van der Waals surface area contributed by atoms with Crippen LogP contribution in [0.3, 0.4) is 0 Å². The summed E-state index contributed by atoms with van der Waals surface area (Å²) >= 11 is 1.51. The Morgan fingerprint density at radius 1 is 1.04 bits per heavy atom. The van der Waals surface area contributed by atoms with Crippen molar-refractivity contribution in [3.63, 3.8) is 0 Å². The van der Waals surface area contributed by atoms with E-state index in [1.165, 1.54) is 11.3 Å². The van der Waals surface area contributed by atoms with E-state index in [1.807, 2.05) is 69.3 Å². The molecule has 0 aliphatic rings. The Kier molecular flexibility index (Phi) is 6.31. The Labute approximate surface area is 169 Å². The molecular formula is C22H24N2O3S. The summed E-state index contributed by atoms with van der Waals surface area (Å²) < 4.78 is 10.7. The second-order valence-electron chi connectivity index (χ2n) is 6.14. The third kappa shape index (κ3) is 4.17. The predicted octanol–water partition coefficient (Wildman–Crippen LogP) is 5.60. The average Bonchev–Trinajstić information content (AvgIpc) is 3.10. The van der Waals surface area contributed by atoms with Crippen LogP contribution in [0.2, 0.25) is 0 Å². The van der Waals surface area contributed by atoms with Crippen LogP contribution in [-0.4, -0.2) is 24.6 Å². The van der Waals surface area contributed by atoms with Crippen LogP contribution < -0.4 is 14.4 Å². The number of anilines is 2. The maximum atomic E-state index is 12.7. The maximum absolute atomic E-state index is 12.7. The van der Waals surface area contributed by atoms with Gasteiger partial charge >= 0.3 is 0 Å². The highest BCUT2D eigenvalue weighted by molar-refractivity contribution is 7.16. The monoisotopic (exact) mass is 396 g/mol. The largest absolute Gasteiger partial charge is 0.497 e. The van der Waals surface area contributed by atoms with E-state index in [0.717, 1.165) is 33.3 Å². The van der Waals surface area contributed by atoms with Crippen LogP contribution in [0.5, 0.6) is 11.5 Å². The number of hydrogen-bond donors (Lipinski definition) is 0. The highest BCUT2D eigenvalue weighted by Crippen LogP contribution is 2.37. The number of thiazole rings is 1. The molecule has 0 unspecified atom stereocenters. The summed E-state index contributed by atoms with van der Waals surface area (Å²) in [6.07, 6.45) is 0.393. The average molecular weight is 397 g/mol. The summed E-state index contributed by atoms with van der Waals surface area (Å²) in [6, 6.07) is 15.3. The number of benzene rings is 2. The van der Waals surface area contributed by atoms with Gasteiger partial charge in [-0.2, -0.15) is 0 Å².